The number of ether oxygens (including phenoxy) is 1. The van der Waals surface area contributed by atoms with Crippen LogP contribution in [0.15, 0.2) is 91.0 Å². The maximum absolute atomic E-state index is 6.04. The van der Waals surface area contributed by atoms with Gasteiger partial charge in [0.05, 0.1) is 5.60 Å². The molecule has 1 aromatic heterocycles. The topological polar surface area (TPSA) is 14.2 Å². The molecule has 0 spiro atoms. The normalized spacial score (nSPS) is 13.4. The van der Waals surface area contributed by atoms with Gasteiger partial charge < -0.3 is 9.30 Å². The van der Waals surface area contributed by atoms with Crippen molar-refractivity contribution in [2.24, 2.45) is 7.05 Å². The Labute approximate surface area is 299 Å². The molecule has 1 heterocycles. The van der Waals surface area contributed by atoms with E-state index in [-0.39, 0.29) is 5.60 Å². The molecule has 0 radical (unpaired) electrons. The van der Waals surface area contributed by atoms with Crippen molar-refractivity contribution in [3.05, 3.63) is 96.6 Å². The molecule has 6 aromatic carbocycles. The van der Waals surface area contributed by atoms with Gasteiger partial charge in [0, 0.05) is 27.2 Å². The van der Waals surface area contributed by atoms with Crippen LogP contribution in [0.5, 0.6) is 0 Å². The van der Waals surface area contributed by atoms with Gasteiger partial charge >= 0.3 is 37.9 Å². The van der Waals surface area contributed by atoms with Crippen LogP contribution in [0.1, 0.15) is 52.0 Å². The molecule has 0 amide bonds. The Morgan fingerprint density at radius 1 is 0.723 bits per heavy atom. The average Bonchev–Trinajstić information content (AvgIpc) is 3.67. The second-order valence-corrected chi connectivity index (χ2v) is 22.1. The summed E-state index contributed by atoms with van der Waals surface area (Å²) in [6, 6.07) is 35.9. The van der Waals surface area contributed by atoms with Crippen molar-refractivity contribution in [1.82, 2.24) is 4.57 Å². The Bertz CT molecular complexity index is 2110. The number of aromatic nitrogens is 1. The Morgan fingerprint density at radius 3 is 1.85 bits per heavy atom. The van der Waals surface area contributed by atoms with Gasteiger partial charge in [-0.2, -0.15) is 0 Å². The molecule has 7 aromatic rings. The quantitative estimate of drug-likeness (QED) is 0.0813. The molecule has 0 aliphatic heterocycles. The van der Waals surface area contributed by atoms with Crippen molar-refractivity contribution in [2.75, 3.05) is 6.61 Å². The van der Waals surface area contributed by atoms with Crippen LogP contribution in [0.3, 0.4) is 0 Å². The van der Waals surface area contributed by atoms with E-state index >= 15 is 0 Å². The minimum absolute atomic E-state index is 0.0628. The third kappa shape index (κ3) is 6.59. The van der Waals surface area contributed by atoms with Crippen LogP contribution in [0.25, 0.3) is 54.1 Å². The van der Waals surface area contributed by atoms with Crippen molar-refractivity contribution < 1.29 is 25.6 Å². The number of rotatable bonds is 9. The first-order chi connectivity index (χ1) is 22.6. The van der Waals surface area contributed by atoms with Crippen molar-refractivity contribution in [3.63, 3.8) is 0 Å². The van der Waals surface area contributed by atoms with Gasteiger partial charge in [-0.3, -0.25) is 0 Å². The fourth-order valence-electron chi connectivity index (χ4n) is 8.03. The zero-order valence-electron chi connectivity index (χ0n) is 28.5. The van der Waals surface area contributed by atoms with Crippen LogP contribution >= 0.6 is 17.0 Å². The predicted octanol–water partition coefficient (Wildman–Crippen LogP) is 11.5. The van der Waals surface area contributed by atoms with Gasteiger partial charge in [0.15, 0.2) is 0 Å². The summed E-state index contributed by atoms with van der Waals surface area (Å²) in [5.74, 6) is 0. The molecule has 7 rings (SSSR count). The Morgan fingerprint density at radius 2 is 1.26 bits per heavy atom. The summed E-state index contributed by atoms with van der Waals surface area (Å²) in [5, 5.41) is 14.6. The zero-order valence-corrected chi connectivity index (χ0v) is 33.5. The number of halogens is 2. The molecule has 0 aliphatic rings. The first kappa shape index (κ1) is 34.7. The number of nitrogens with zero attached hydrogens (tertiary/aromatic N) is 1. The van der Waals surface area contributed by atoms with Crippen LogP contribution in [0, 0.1) is 6.92 Å². The van der Waals surface area contributed by atoms with Gasteiger partial charge in [0.1, 0.15) is 0 Å². The Hall–Kier alpha value is -2.20. The van der Waals surface area contributed by atoms with E-state index in [2.05, 4.69) is 137 Å². The van der Waals surface area contributed by atoms with Crippen molar-refractivity contribution in [1.29, 1.82) is 0 Å². The van der Waals surface area contributed by atoms with E-state index in [9.17, 15) is 0 Å². The molecule has 6 heteroatoms. The van der Waals surface area contributed by atoms with E-state index in [1.54, 1.807) is 10.4 Å². The summed E-state index contributed by atoms with van der Waals surface area (Å²) in [6.07, 6.45) is 4.82. The van der Waals surface area contributed by atoms with Crippen LogP contribution in [0.2, 0.25) is 12.6 Å². The second-order valence-electron chi connectivity index (χ2n) is 14.2. The van der Waals surface area contributed by atoms with Gasteiger partial charge in [-0.15, -0.1) is 73.0 Å². The van der Waals surface area contributed by atoms with Crippen LogP contribution < -0.4 is 10.4 Å². The van der Waals surface area contributed by atoms with Crippen LogP contribution in [0.4, 0.5) is 0 Å². The third-order valence-corrected chi connectivity index (χ3v) is 14.6. The Balaban J connectivity index is 0.00000124. The fourth-order valence-corrected chi connectivity index (χ4v) is 13.0. The van der Waals surface area contributed by atoms with Gasteiger partial charge in [-0.25, -0.2) is 0 Å². The van der Waals surface area contributed by atoms with Gasteiger partial charge in [0.2, 0.25) is 0 Å². The minimum atomic E-state index is -2.31. The SMILES string of the molecule is Cc1ccc2c(c1)c1c3ccccc3[c-]([Si](C)(CCCCCCOC(C)(C)C)[c-]3c4ccccc4c4ccccc43)c1n2C.[Cl][Zr+2][Cl]. The maximum atomic E-state index is 6.04. The summed E-state index contributed by atoms with van der Waals surface area (Å²) in [5.41, 5.74) is 4.04. The summed E-state index contributed by atoms with van der Waals surface area (Å²) >= 11 is -0.826. The van der Waals surface area contributed by atoms with Gasteiger partial charge in [-0.05, 0) is 51.1 Å². The number of hydrogen-bond acceptors (Lipinski definition) is 1. The van der Waals surface area contributed by atoms with Crippen molar-refractivity contribution in [3.8, 4) is 0 Å². The number of unbranched alkanes of at least 4 members (excludes halogenated alkanes) is 3. The zero-order chi connectivity index (χ0) is 33.3. The molecule has 1 atom stereocenters. The fraction of sp³-hybridized carbons (Fsp3) is 0.317. The van der Waals surface area contributed by atoms with E-state index in [0.717, 1.165) is 13.0 Å². The summed E-state index contributed by atoms with van der Waals surface area (Å²) in [6.45, 7) is 12.2. The average molecular weight is 758 g/mol. The molecule has 242 valence electrons. The molecule has 0 saturated carbocycles. The first-order valence-electron chi connectivity index (χ1n) is 16.8. The standard InChI is InChI=1S/C41H45NOSi.2ClH.Zr/c1-28-23-24-36-35(27-28)37-31-19-11-14-22-34(31)40(38(37)42(36)5)44(6,26-16-8-7-15-25-43-41(2,3)4)39-32-20-12-9-17-29(32)30-18-10-13-21-33(30)39;;;/h9-14,17-24,27H,7-8,15-16,25-26H2,1-6H3;2*1H;/q-2;;;+4/p-2. The van der Waals surface area contributed by atoms with E-state index in [4.69, 9.17) is 21.8 Å². The Kier molecular flexibility index (Phi) is 10.6. The monoisotopic (exact) mass is 755 g/mol. The number of fused-ring (bicyclic) bond motifs is 8. The predicted molar refractivity (Wildman–Crippen MR) is 207 cm³/mol. The third-order valence-electron chi connectivity index (χ3n) is 9.95. The van der Waals surface area contributed by atoms with E-state index in [0.29, 0.717) is 0 Å². The second kappa shape index (κ2) is 14.3. The van der Waals surface area contributed by atoms with E-state index in [1.807, 2.05) is 0 Å². The molecule has 2 nitrogen and oxygen atoms in total. The summed E-state index contributed by atoms with van der Waals surface area (Å²) in [7, 11) is 9.85. The van der Waals surface area contributed by atoms with E-state index in [1.165, 1.54) is 85.0 Å². The number of benzene rings is 4. The van der Waals surface area contributed by atoms with Crippen molar-refractivity contribution in [2.45, 2.75) is 71.6 Å². The molecular weight excluding hydrogens is 713 g/mol. The molecular formula is C41H45Cl2NOSiZr. The molecule has 0 fully saturated rings. The van der Waals surface area contributed by atoms with E-state index < -0.39 is 28.9 Å². The summed E-state index contributed by atoms with van der Waals surface area (Å²) in [4.78, 5) is 0. The molecule has 0 saturated heterocycles. The first-order valence-corrected chi connectivity index (χ1v) is 25.9. The molecule has 0 aliphatic carbocycles. The number of aryl methyl sites for hydroxylation is 2. The van der Waals surface area contributed by atoms with Crippen LogP contribution in [-0.2, 0) is 32.6 Å². The molecule has 0 N–H and O–H groups in total. The molecule has 1 unspecified atom stereocenters. The number of hydrogen-bond donors (Lipinski definition) is 0. The summed E-state index contributed by atoms with van der Waals surface area (Å²) < 4.78 is 8.56. The molecule has 47 heavy (non-hydrogen) atoms. The van der Waals surface area contributed by atoms with Crippen molar-refractivity contribution >= 4 is 89.6 Å². The van der Waals surface area contributed by atoms with Gasteiger partial charge in [0.25, 0.3) is 0 Å². The van der Waals surface area contributed by atoms with Gasteiger partial charge in [-0.1, -0.05) is 97.4 Å². The van der Waals surface area contributed by atoms with Crippen LogP contribution in [-0.4, -0.2) is 24.8 Å². The molecule has 0 bridgehead atoms.